The molecule has 0 aliphatic heterocycles. The quantitative estimate of drug-likeness (QED) is 0.563. The number of rotatable bonds is 1. The Bertz CT molecular complexity index is 127. The van der Waals surface area contributed by atoms with Gasteiger partial charge in [0.15, 0.2) is 0 Å². The summed E-state index contributed by atoms with van der Waals surface area (Å²) in [7, 11) is 0. The van der Waals surface area contributed by atoms with Crippen molar-refractivity contribution < 1.29 is 5.11 Å². The fraction of sp³-hybridized carbons (Fsp3) is 1.00. The van der Waals surface area contributed by atoms with Crippen molar-refractivity contribution in [1.82, 2.24) is 0 Å². The highest BCUT2D eigenvalue weighted by Crippen LogP contribution is 2.29. The molecular weight excluding hydrogens is 138 g/mol. The maximum Gasteiger partial charge on any atom is 0.0769 e. The summed E-state index contributed by atoms with van der Waals surface area (Å²) in [5, 5.41) is 9.85. The summed E-state index contributed by atoms with van der Waals surface area (Å²) in [6, 6.07) is 0. The second kappa shape index (κ2) is 3.55. The van der Waals surface area contributed by atoms with Gasteiger partial charge in [-0.3, -0.25) is 0 Å². The zero-order chi connectivity index (χ0) is 8.32. The van der Waals surface area contributed by atoms with Crippen molar-refractivity contribution >= 4 is 0 Å². The van der Waals surface area contributed by atoms with Gasteiger partial charge in [-0.15, -0.1) is 0 Å². The second-order valence-electron chi connectivity index (χ2n) is 3.96. The molecule has 0 radical (unpaired) electrons. The number of aliphatic hydroxyl groups is 1. The summed E-state index contributed by atoms with van der Waals surface area (Å²) >= 11 is 0. The van der Waals surface area contributed by atoms with E-state index in [1.54, 1.807) is 0 Å². The molecule has 0 aromatic rings. The van der Waals surface area contributed by atoms with Crippen molar-refractivity contribution in [3.8, 4) is 0 Å². The fourth-order valence-corrected chi connectivity index (χ4v) is 1.77. The summed E-state index contributed by atoms with van der Waals surface area (Å²) in [5.74, 6) is 0.774. The Morgan fingerprint density at radius 2 is 2.18 bits per heavy atom. The average molecular weight is 157 g/mol. The topological polar surface area (TPSA) is 46.2 Å². The predicted octanol–water partition coefficient (Wildman–Crippen LogP) is 1.28. The van der Waals surface area contributed by atoms with E-state index in [2.05, 4.69) is 6.92 Å². The third-order valence-electron chi connectivity index (χ3n) is 2.82. The molecule has 1 aliphatic rings. The van der Waals surface area contributed by atoms with Crippen LogP contribution in [0.3, 0.4) is 0 Å². The van der Waals surface area contributed by atoms with Gasteiger partial charge in [-0.25, -0.2) is 0 Å². The second-order valence-corrected chi connectivity index (χ2v) is 3.96. The highest BCUT2D eigenvalue weighted by Gasteiger charge is 2.27. The molecule has 0 spiro atoms. The van der Waals surface area contributed by atoms with E-state index in [9.17, 15) is 5.11 Å². The third-order valence-corrected chi connectivity index (χ3v) is 2.82. The van der Waals surface area contributed by atoms with Crippen LogP contribution in [-0.4, -0.2) is 17.3 Å². The first-order valence-electron chi connectivity index (χ1n) is 4.59. The molecular formula is C9H19NO. The van der Waals surface area contributed by atoms with Gasteiger partial charge < -0.3 is 10.8 Å². The van der Waals surface area contributed by atoms with Crippen LogP contribution >= 0.6 is 0 Å². The van der Waals surface area contributed by atoms with Gasteiger partial charge in [0.1, 0.15) is 0 Å². The van der Waals surface area contributed by atoms with E-state index >= 15 is 0 Å². The molecule has 2 unspecified atom stereocenters. The summed E-state index contributed by atoms with van der Waals surface area (Å²) in [5.41, 5.74) is 4.97. The molecule has 2 atom stereocenters. The first-order valence-corrected chi connectivity index (χ1v) is 4.59. The first-order chi connectivity index (χ1) is 5.16. The highest BCUT2D eigenvalue weighted by molar-refractivity contribution is 4.82. The SMILES string of the molecule is CC1CCCC(O)(CN)CC1. The van der Waals surface area contributed by atoms with Crippen LogP contribution in [0.15, 0.2) is 0 Å². The summed E-state index contributed by atoms with van der Waals surface area (Å²) in [4.78, 5) is 0. The first kappa shape index (κ1) is 9.01. The maximum atomic E-state index is 9.85. The van der Waals surface area contributed by atoms with E-state index in [0.717, 1.165) is 31.6 Å². The van der Waals surface area contributed by atoms with Crippen molar-refractivity contribution in [3.63, 3.8) is 0 Å². The highest BCUT2D eigenvalue weighted by atomic mass is 16.3. The standard InChI is InChI=1S/C9H19NO/c1-8-3-2-5-9(11,7-10)6-4-8/h8,11H,2-7,10H2,1H3. The molecule has 0 aromatic heterocycles. The van der Waals surface area contributed by atoms with Gasteiger partial charge in [-0.2, -0.15) is 0 Å². The molecule has 0 heterocycles. The zero-order valence-corrected chi connectivity index (χ0v) is 7.34. The smallest absolute Gasteiger partial charge is 0.0769 e. The van der Waals surface area contributed by atoms with Crippen molar-refractivity contribution in [2.75, 3.05) is 6.54 Å². The summed E-state index contributed by atoms with van der Waals surface area (Å²) in [6.45, 7) is 2.68. The molecule has 66 valence electrons. The average Bonchev–Trinajstić information content (AvgIpc) is 2.15. The monoisotopic (exact) mass is 157 g/mol. The maximum absolute atomic E-state index is 9.85. The lowest BCUT2D eigenvalue weighted by Crippen LogP contribution is -2.36. The molecule has 0 amide bonds. The Hall–Kier alpha value is -0.0800. The van der Waals surface area contributed by atoms with Gasteiger partial charge in [-0.05, 0) is 25.2 Å². The molecule has 0 aromatic carbocycles. The third kappa shape index (κ3) is 2.46. The van der Waals surface area contributed by atoms with Gasteiger partial charge in [0.25, 0.3) is 0 Å². The van der Waals surface area contributed by atoms with Crippen LogP contribution < -0.4 is 5.73 Å². The lowest BCUT2D eigenvalue weighted by atomic mass is 9.94. The van der Waals surface area contributed by atoms with Gasteiger partial charge in [-0.1, -0.05) is 19.8 Å². The van der Waals surface area contributed by atoms with Crippen molar-refractivity contribution in [2.45, 2.75) is 44.6 Å². The van der Waals surface area contributed by atoms with Crippen LogP contribution in [0.25, 0.3) is 0 Å². The molecule has 2 nitrogen and oxygen atoms in total. The van der Waals surface area contributed by atoms with Crippen molar-refractivity contribution in [1.29, 1.82) is 0 Å². The van der Waals surface area contributed by atoms with Gasteiger partial charge >= 0.3 is 0 Å². The molecule has 1 saturated carbocycles. The lowest BCUT2D eigenvalue weighted by Gasteiger charge is -2.24. The van der Waals surface area contributed by atoms with Gasteiger partial charge in [0, 0.05) is 6.54 Å². The molecule has 11 heavy (non-hydrogen) atoms. The van der Waals surface area contributed by atoms with Crippen LogP contribution in [0.5, 0.6) is 0 Å². The van der Waals surface area contributed by atoms with Crippen LogP contribution in [0.2, 0.25) is 0 Å². The van der Waals surface area contributed by atoms with Gasteiger partial charge in [0.05, 0.1) is 5.60 Å². The Balaban J connectivity index is 2.45. The van der Waals surface area contributed by atoms with Gasteiger partial charge in [0.2, 0.25) is 0 Å². The lowest BCUT2D eigenvalue weighted by molar-refractivity contribution is 0.0330. The minimum Gasteiger partial charge on any atom is -0.389 e. The Kier molecular flexibility index (Phi) is 2.90. The molecule has 2 heteroatoms. The molecule has 1 rings (SSSR count). The Morgan fingerprint density at radius 3 is 2.82 bits per heavy atom. The fourth-order valence-electron chi connectivity index (χ4n) is 1.77. The largest absolute Gasteiger partial charge is 0.389 e. The molecule has 0 saturated heterocycles. The zero-order valence-electron chi connectivity index (χ0n) is 7.34. The van der Waals surface area contributed by atoms with Crippen LogP contribution in [-0.2, 0) is 0 Å². The van der Waals surface area contributed by atoms with E-state index in [0.29, 0.717) is 6.54 Å². The summed E-state index contributed by atoms with van der Waals surface area (Å²) in [6.07, 6.45) is 5.31. The van der Waals surface area contributed by atoms with E-state index in [-0.39, 0.29) is 0 Å². The van der Waals surface area contributed by atoms with Crippen molar-refractivity contribution in [2.24, 2.45) is 11.7 Å². The number of nitrogens with two attached hydrogens (primary N) is 1. The molecule has 1 fully saturated rings. The number of hydrogen-bond acceptors (Lipinski definition) is 2. The minimum absolute atomic E-state index is 0.430. The van der Waals surface area contributed by atoms with E-state index in [4.69, 9.17) is 5.73 Å². The van der Waals surface area contributed by atoms with Crippen LogP contribution in [0.4, 0.5) is 0 Å². The van der Waals surface area contributed by atoms with Crippen LogP contribution in [0, 0.1) is 5.92 Å². The summed E-state index contributed by atoms with van der Waals surface area (Å²) < 4.78 is 0. The van der Waals surface area contributed by atoms with Crippen LogP contribution in [0.1, 0.15) is 39.0 Å². The van der Waals surface area contributed by atoms with Crippen molar-refractivity contribution in [3.05, 3.63) is 0 Å². The van der Waals surface area contributed by atoms with E-state index in [1.807, 2.05) is 0 Å². The minimum atomic E-state index is -0.537. The van der Waals surface area contributed by atoms with E-state index in [1.165, 1.54) is 6.42 Å². The molecule has 3 N–H and O–H groups in total. The predicted molar refractivity (Wildman–Crippen MR) is 46.3 cm³/mol. The Morgan fingerprint density at radius 1 is 1.45 bits per heavy atom. The number of hydrogen-bond donors (Lipinski definition) is 2. The molecule has 1 aliphatic carbocycles. The normalized spacial score (nSPS) is 40.1. The molecule has 0 bridgehead atoms. The Labute approximate surface area is 68.8 Å². The van der Waals surface area contributed by atoms with E-state index < -0.39 is 5.60 Å².